The molecule has 234 valence electrons. The molecule has 1 aromatic carbocycles. The third kappa shape index (κ3) is 8.67. The van der Waals surface area contributed by atoms with E-state index in [0.29, 0.717) is 16.6 Å². The van der Waals surface area contributed by atoms with Crippen molar-refractivity contribution in [3.05, 3.63) is 64.7 Å². The summed E-state index contributed by atoms with van der Waals surface area (Å²) in [6.07, 6.45) is -3.25. The number of halogens is 2. The smallest absolute Gasteiger partial charge is 0.339 e. The minimum absolute atomic E-state index is 0.0129. The van der Waals surface area contributed by atoms with E-state index in [1.807, 2.05) is 23.5 Å². The molecule has 0 bridgehead atoms. The average Bonchev–Trinajstić information content (AvgIpc) is 3.27. The summed E-state index contributed by atoms with van der Waals surface area (Å²) < 4.78 is 44.5. The number of anilines is 1. The fourth-order valence-electron chi connectivity index (χ4n) is 4.96. The second-order valence-corrected chi connectivity index (χ2v) is 16.2. The Kier molecular flexibility index (Phi) is 11.2. The number of pyridine rings is 1. The summed E-state index contributed by atoms with van der Waals surface area (Å²) in [5, 5.41) is 38.6. The normalized spacial score (nSPS) is 17.5. The van der Waals surface area contributed by atoms with E-state index < -0.39 is 61.9 Å². The van der Waals surface area contributed by atoms with Crippen LogP contribution in [0.4, 0.5) is 10.1 Å². The van der Waals surface area contributed by atoms with Gasteiger partial charge in [0.2, 0.25) is 0 Å². The first kappa shape index (κ1) is 36.6. The first-order valence-electron chi connectivity index (χ1n) is 13.4. The molecule has 44 heavy (non-hydrogen) atoms. The second-order valence-electron chi connectivity index (χ2n) is 11.9. The molecular weight excluding hydrogens is 635 g/mol. The van der Waals surface area contributed by atoms with Gasteiger partial charge in [-0.1, -0.05) is 41.0 Å². The molecule has 3 rings (SSSR count). The maximum absolute atomic E-state index is 14.8. The quantitative estimate of drug-likeness (QED) is 0.0447. The maximum atomic E-state index is 14.8. The van der Waals surface area contributed by atoms with Crippen LogP contribution in [0.1, 0.15) is 24.8 Å². The number of hydrogen-bond acceptors (Lipinski definition) is 9. The molecular formula is C22H33B5ClFN4O9P2. The van der Waals surface area contributed by atoms with E-state index in [1.165, 1.54) is 47.0 Å². The maximum Gasteiger partial charge on any atom is 0.339 e. The number of fused-ring (bicyclic) bond motifs is 1. The minimum Gasteiger partial charge on any atom is -0.386 e. The van der Waals surface area contributed by atoms with Gasteiger partial charge in [0.1, 0.15) is 38.9 Å². The lowest BCUT2D eigenvalue weighted by Crippen LogP contribution is -2.46. The molecule has 0 fully saturated rings. The van der Waals surface area contributed by atoms with E-state index >= 15 is 0 Å². The Bertz CT molecular complexity index is 1640. The van der Waals surface area contributed by atoms with Crippen molar-refractivity contribution in [3.63, 3.8) is 0 Å². The van der Waals surface area contributed by atoms with Gasteiger partial charge in [-0.3, -0.25) is 9.13 Å². The number of aliphatic hydroxyl groups excluding tert-OH is 3. The number of rotatable bonds is 13. The molecule has 0 aliphatic carbocycles. The topological polar surface area (TPSA) is 207 Å². The fourth-order valence-corrected chi connectivity index (χ4v) is 8.06. The number of benzene rings is 1. The van der Waals surface area contributed by atoms with Gasteiger partial charge in [0.15, 0.2) is 17.8 Å². The van der Waals surface area contributed by atoms with Crippen LogP contribution >= 0.6 is 26.8 Å². The Hall–Kier alpha value is -1.90. The summed E-state index contributed by atoms with van der Waals surface area (Å²) in [6.45, 7) is 1.43. The molecule has 0 saturated carbocycles. The molecule has 22 heteroatoms. The molecule has 13 nitrogen and oxygen atoms in total. The number of nitrogens with one attached hydrogen (secondary N) is 1. The van der Waals surface area contributed by atoms with Gasteiger partial charge in [0, 0.05) is 17.0 Å². The van der Waals surface area contributed by atoms with E-state index in [0.717, 1.165) is 4.68 Å². The first-order valence-corrected chi connectivity index (χ1v) is 17.3. The monoisotopic (exact) mass is 668 g/mol. The third-order valence-corrected chi connectivity index (χ3v) is 10.7. The molecule has 0 amide bonds. The van der Waals surface area contributed by atoms with E-state index in [-0.39, 0.29) is 16.4 Å². The molecule has 3 aromatic rings. The highest BCUT2D eigenvalue weighted by atomic mass is 35.5. The summed E-state index contributed by atoms with van der Waals surface area (Å²) in [6, 6.07) is 7.29. The van der Waals surface area contributed by atoms with Gasteiger partial charge in [-0.2, -0.15) is 5.10 Å². The molecule has 2 aromatic heterocycles. The van der Waals surface area contributed by atoms with Crippen molar-refractivity contribution in [2.45, 2.75) is 41.9 Å². The lowest BCUT2D eigenvalue weighted by molar-refractivity contribution is -0.0861. The predicted octanol–water partition coefficient (Wildman–Crippen LogP) is -2.23. The Morgan fingerprint density at radius 1 is 1.16 bits per heavy atom. The summed E-state index contributed by atoms with van der Waals surface area (Å²) in [5.74, 6) is -1.87. The Labute approximate surface area is 263 Å². The number of aromatic nitrogens is 3. The van der Waals surface area contributed by atoms with Gasteiger partial charge >= 0.3 is 15.2 Å². The molecule has 2 unspecified atom stereocenters. The molecule has 5 atom stereocenters. The number of aliphatic hydroxyl groups is 3. The van der Waals surface area contributed by atoms with Crippen molar-refractivity contribution in [1.29, 1.82) is 0 Å². The zero-order chi connectivity index (χ0) is 33.4. The van der Waals surface area contributed by atoms with E-state index in [1.54, 1.807) is 18.2 Å². The minimum atomic E-state index is -4.94. The van der Waals surface area contributed by atoms with Crippen molar-refractivity contribution in [2.75, 3.05) is 11.2 Å². The summed E-state index contributed by atoms with van der Waals surface area (Å²) in [7, 11) is -1.54. The van der Waals surface area contributed by atoms with Gasteiger partial charge in [-0.25, -0.2) is 14.1 Å². The van der Waals surface area contributed by atoms with Crippen LogP contribution in [0.2, 0.25) is 10.3 Å². The summed E-state index contributed by atoms with van der Waals surface area (Å²) >= 11 is 6.32. The van der Waals surface area contributed by atoms with Crippen molar-refractivity contribution in [2.24, 2.45) is 0 Å². The van der Waals surface area contributed by atoms with E-state index in [4.69, 9.17) is 25.9 Å². The molecule has 2 heterocycles. The fraction of sp³-hybridized carbons (Fsp3) is 0.364. The highest BCUT2D eigenvalue weighted by molar-refractivity contribution is 7.70. The lowest BCUT2D eigenvalue weighted by Gasteiger charge is -2.36. The number of allylic oxidation sites excluding steroid dienone is 1. The van der Waals surface area contributed by atoms with Crippen LogP contribution in [-0.4, -0.2) is 108 Å². The largest absolute Gasteiger partial charge is 0.386 e. The number of hydrogen-bond donors (Lipinski definition) is 7. The van der Waals surface area contributed by atoms with Gasteiger partial charge in [-0.15, -0.1) is 0 Å². The van der Waals surface area contributed by atoms with Crippen LogP contribution in [0.5, 0.6) is 0 Å². The van der Waals surface area contributed by atoms with Crippen molar-refractivity contribution >= 4 is 82.7 Å². The molecule has 7 N–H and O–H groups in total. The summed E-state index contributed by atoms with van der Waals surface area (Å²) in [4.78, 5) is 32.5. The zero-order valence-electron chi connectivity index (χ0n) is 25.0. The molecule has 0 saturated heterocycles. The highest BCUT2D eigenvalue weighted by Gasteiger charge is 2.42. The second kappa shape index (κ2) is 13.5. The van der Waals surface area contributed by atoms with Crippen LogP contribution in [0.15, 0.2) is 48.2 Å². The molecule has 0 spiro atoms. The van der Waals surface area contributed by atoms with Crippen molar-refractivity contribution < 1.29 is 48.0 Å². The SMILES string of the molecule is BC(B)(OP(=O)(O)CP(=O)(O)O)/C(=C/C)[C@@H](O)[C@@H](O)[C@@H](O)n1ncc2c(NC(c3ccccc3F)C(B)(B)B)cc(Cl)nc21. The van der Waals surface area contributed by atoms with Crippen LogP contribution in [0.3, 0.4) is 0 Å². The summed E-state index contributed by atoms with van der Waals surface area (Å²) in [5.41, 5.74) is 0.652. The van der Waals surface area contributed by atoms with E-state index in [9.17, 15) is 33.7 Å². The molecule has 0 radical (unpaired) electrons. The zero-order valence-corrected chi connectivity index (χ0v) is 27.5. The highest BCUT2D eigenvalue weighted by Crippen LogP contribution is 2.57. The van der Waals surface area contributed by atoms with E-state index in [2.05, 4.69) is 15.4 Å². The van der Waals surface area contributed by atoms with Gasteiger partial charge < -0.3 is 39.8 Å². The van der Waals surface area contributed by atoms with Gasteiger partial charge in [0.25, 0.3) is 0 Å². The average molecular weight is 668 g/mol. The number of nitrogens with zero attached hydrogens (tertiary/aromatic N) is 3. The van der Waals surface area contributed by atoms with Crippen molar-refractivity contribution in [1.82, 2.24) is 14.8 Å². The first-order chi connectivity index (χ1) is 20.1. The Morgan fingerprint density at radius 3 is 2.32 bits per heavy atom. The Balaban J connectivity index is 1.96. The standard InChI is InChI=1S/C22H33B5ClFN4O9P2/c1-2-12(22(26,27)42-44(40,41)9-43(37,38)39)16(34)17(35)20(36)33-19-11(8-30-33)14(7-15(28)32-19)31-18(21(23,24)25)10-5-3-4-6-13(10)29/h2-8,16-18,20,34-36H,9,23-27H2,1H3,(H,31,32)(H,40,41)(H2,37,38,39)/b12-2+/t16-,17-,18?,20-/m1/s1. The van der Waals surface area contributed by atoms with Gasteiger partial charge in [-0.05, 0) is 24.6 Å². The van der Waals surface area contributed by atoms with Crippen LogP contribution in [0.25, 0.3) is 11.0 Å². The lowest BCUT2D eigenvalue weighted by atomic mass is 9.39. The van der Waals surface area contributed by atoms with Crippen LogP contribution < -0.4 is 5.32 Å². The Morgan fingerprint density at radius 2 is 1.77 bits per heavy atom. The van der Waals surface area contributed by atoms with Crippen LogP contribution in [0, 0.1) is 5.82 Å². The van der Waals surface area contributed by atoms with Gasteiger partial charge in [0.05, 0.1) is 40.8 Å². The third-order valence-electron chi connectivity index (χ3n) is 6.86. The van der Waals surface area contributed by atoms with Crippen molar-refractivity contribution in [3.8, 4) is 0 Å². The molecule has 0 aliphatic heterocycles. The predicted molar refractivity (Wildman–Crippen MR) is 178 cm³/mol. The molecule has 0 aliphatic rings. The van der Waals surface area contributed by atoms with Crippen LogP contribution in [-0.2, 0) is 13.7 Å².